The summed E-state index contributed by atoms with van der Waals surface area (Å²) >= 11 is 0. The van der Waals surface area contributed by atoms with Crippen molar-refractivity contribution in [2.24, 2.45) is 25.8 Å². The van der Waals surface area contributed by atoms with Gasteiger partial charge in [0.25, 0.3) is 0 Å². The van der Waals surface area contributed by atoms with Gasteiger partial charge in [0.2, 0.25) is 22.4 Å². The van der Waals surface area contributed by atoms with Crippen molar-refractivity contribution in [2.45, 2.75) is 207 Å². The molecule has 5 rings (SSSR count). The largest absolute Gasteiger partial charge is 0.478 e. The third-order valence-corrected chi connectivity index (χ3v) is 9.87. The number of rotatable bonds is 14. The lowest BCUT2D eigenvalue weighted by Crippen LogP contribution is -2.46. The highest BCUT2D eigenvalue weighted by atomic mass is 16.7. The van der Waals surface area contributed by atoms with E-state index in [1.807, 2.05) is 13.8 Å². The van der Waals surface area contributed by atoms with Crippen molar-refractivity contribution in [3.8, 4) is 0 Å². The molecule has 4 fully saturated rings. The molecule has 0 aromatic rings. The Hall–Kier alpha value is -5.03. The second-order valence-electron chi connectivity index (χ2n) is 17.3. The molecule has 0 bridgehead atoms. The molecule has 0 aliphatic heterocycles. The molecule has 61 heavy (non-hydrogen) atoms. The molecule has 18 heteroatoms. The summed E-state index contributed by atoms with van der Waals surface area (Å²) in [6.07, 6.45) is 16.8. The van der Waals surface area contributed by atoms with E-state index >= 15 is 0 Å². The van der Waals surface area contributed by atoms with E-state index in [0.29, 0.717) is 57.1 Å². The van der Waals surface area contributed by atoms with Crippen molar-refractivity contribution in [2.75, 3.05) is 0 Å². The van der Waals surface area contributed by atoms with Gasteiger partial charge in [0, 0.05) is 51.4 Å². The lowest BCUT2D eigenvalue weighted by molar-refractivity contribution is -0.178. The van der Waals surface area contributed by atoms with Crippen LogP contribution in [0.1, 0.15) is 179 Å². The molecule has 4 saturated carbocycles. The number of carbonyl (C=O) groups is 4. The van der Waals surface area contributed by atoms with Gasteiger partial charge >= 0.3 is 23.9 Å². The first kappa shape index (κ1) is 54.0. The molecule has 0 heterocycles. The summed E-state index contributed by atoms with van der Waals surface area (Å²) in [5, 5.41) is 54.1. The van der Waals surface area contributed by atoms with Gasteiger partial charge in [-0.05, 0) is 121 Å². The zero-order valence-electron chi connectivity index (χ0n) is 38.2. The first-order chi connectivity index (χ1) is 28.4. The summed E-state index contributed by atoms with van der Waals surface area (Å²) in [5.74, 6) is -3.67. The fourth-order valence-electron chi connectivity index (χ4n) is 5.82. The van der Waals surface area contributed by atoms with E-state index in [1.165, 1.54) is 19.3 Å². The Morgan fingerprint density at radius 1 is 0.377 bits per heavy atom. The zero-order chi connectivity index (χ0) is 46.5. The highest BCUT2D eigenvalue weighted by Gasteiger charge is 2.54. The Labute approximate surface area is 360 Å². The molecular weight excluding hydrogens is 794 g/mol. The number of aliphatic carboxylic acids is 4. The molecule has 5 aliphatic rings. The molecule has 0 amide bonds. The molecule has 0 spiro atoms. The monoisotopic (exact) mass is 866 g/mol. The van der Waals surface area contributed by atoms with E-state index in [-0.39, 0.29) is 5.60 Å². The minimum atomic E-state index is -1.16. The maximum absolute atomic E-state index is 10.9. The fourth-order valence-corrected chi connectivity index (χ4v) is 5.82. The maximum atomic E-state index is 10.9. The second-order valence-corrected chi connectivity index (χ2v) is 17.3. The highest BCUT2D eigenvalue weighted by molar-refractivity contribution is 5.83. The van der Waals surface area contributed by atoms with Crippen LogP contribution in [0.25, 0.3) is 0 Å². The summed E-state index contributed by atoms with van der Waals surface area (Å²) in [5.41, 5.74) is -0.250. The smallest absolute Gasteiger partial charge is 0.351 e. The molecule has 5 aliphatic carbocycles. The lowest BCUT2D eigenvalue weighted by Gasteiger charge is -2.34. The van der Waals surface area contributed by atoms with Crippen LogP contribution in [0.15, 0.2) is 37.9 Å². The average Bonchev–Trinajstić information content (AvgIpc) is 3.53. The standard InChI is InChI=1S/C10H19NO.C9H15NO3.C9H13NO3.C8H13NO3.C7H11NO3/c1-9(2)11-12-10(3)7-5-4-6-8-10;2*1-7(2)10-13-9(8(11)12)5-3-4-6-9;1-6(2)9-12-8(7(10)11)4-3-5-8;1-5(2)8-11-7(3-4-7)6(9)10/h4-8H2,1-3H3;3-6H2,1-2H3,(H,11,12);3-4H,5-6H2,1-2H3,(H,11,12);3-5H2,1-2H3,(H,10,11);3-4H2,1-2H3,(H,9,10). The van der Waals surface area contributed by atoms with Crippen LogP contribution in [0, 0.1) is 0 Å². The zero-order valence-corrected chi connectivity index (χ0v) is 38.2. The molecule has 18 nitrogen and oxygen atoms in total. The number of oxime groups is 5. The minimum Gasteiger partial charge on any atom is -0.478 e. The van der Waals surface area contributed by atoms with Gasteiger partial charge < -0.3 is 44.6 Å². The van der Waals surface area contributed by atoms with Crippen LogP contribution in [0.4, 0.5) is 0 Å². The molecule has 0 aromatic heterocycles. The van der Waals surface area contributed by atoms with E-state index in [2.05, 4.69) is 32.7 Å². The summed E-state index contributed by atoms with van der Waals surface area (Å²) in [6, 6.07) is 0. The van der Waals surface area contributed by atoms with Gasteiger partial charge in [-0.25, -0.2) is 19.2 Å². The van der Waals surface area contributed by atoms with Gasteiger partial charge in [0.15, 0.2) is 0 Å². The van der Waals surface area contributed by atoms with Gasteiger partial charge in [-0.1, -0.05) is 44.4 Å². The van der Waals surface area contributed by atoms with Crippen molar-refractivity contribution in [1.82, 2.24) is 0 Å². The van der Waals surface area contributed by atoms with E-state index in [9.17, 15) is 19.2 Å². The SMILES string of the molecule is CC(C)=NOC1(C(=O)O)CC1.CC(C)=NOC1(C(=O)O)CC=CC1.CC(C)=NOC1(C(=O)O)CCC1.CC(C)=NOC1(C(=O)O)CCCC1.CC(C)=NOC1(C)CCCCC1. The topological polar surface area (TPSA) is 257 Å². The molecule has 346 valence electrons. The van der Waals surface area contributed by atoms with Crippen molar-refractivity contribution in [3.05, 3.63) is 12.2 Å². The third-order valence-electron chi connectivity index (χ3n) is 9.87. The van der Waals surface area contributed by atoms with Crippen molar-refractivity contribution in [3.63, 3.8) is 0 Å². The number of hydrogen-bond acceptors (Lipinski definition) is 14. The molecule has 0 aromatic carbocycles. The van der Waals surface area contributed by atoms with E-state index in [0.717, 1.165) is 55.0 Å². The normalized spacial score (nSPS) is 19.5. The molecule has 4 N–H and O–H groups in total. The molecular formula is C43H71N5O13. The number of carboxylic acids is 4. The summed E-state index contributed by atoms with van der Waals surface area (Å²) in [6.45, 7) is 20.3. The van der Waals surface area contributed by atoms with Gasteiger partial charge in [0.1, 0.15) is 5.60 Å². The molecule has 0 saturated heterocycles. The number of carboxylic acid groups (broad SMARTS) is 4. The predicted molar refractivity (Wildman–Crippen MR) is 232 cm³/mol. The Kier molecular flexibility index (Phi) is 22.2. The predicted octanol–water partition coefficient (Wildman–Crippen LogP) is 8.91. The minimum absolute atomic E-state index is 0.0233. The molecule has 0 radical (unpaired) electrons. The van der Waals surface area contributed by atoms with Crippen LogP contribution in [-0.2, 0) is 43.4 Å². The van der Waals surface area contributed by atoms with Crippen LogP contribution in [-0.4, -0.2) is 101 Å². The van der Waals surface area contributed by atoms with Gasteiger partial charge in [-0.3, -0.25) is 0 Å². The van der Waals surface area contributed by atoms with Crippen molar-refractivity contribution < 1.29 is 63.8 Å². The van der Waals surface area contributed by atoms with Crippen LogP contribution < -0.4 is 0 Å². The van der Waals surface area contributed by atoms with Gasteiger partial charge in [0.05, 0.1) is 28.6 Å². The van der Waals surface area contributed by atoms with Gasteiger partial charge in [-0.2, -0.15) is 0 Å². The fraction of sp³-hybridized carbons (Fsp3) is 0.744. The van der Waals surface area contributed by atoms with Gasteiger partial charge in [-0.15, -0.1) is 0 Å². The first-order valence-electron chi connectivity index (χ1n) is 20.9. The Balaban J connectivity index is 0.000000382. The second kappa shape index (κ2) is 25.0. The first-order valence-corrected chi connectivity index (χ1v) is 20.9. The van der Waals surface area contributed by atoms with Crippen molar-refractivity contribution >= 4 is 52.4 Å². The summed E-state index contributed by atoms with van der Waals surface area (Å²) < 4.78 is 0. The van der Waals surface area contributed by atoms with Crippen LogP contribution in [0.5, 0.6) is 0 Å². The third kappa shape index (κ3) is 19.1. The Morgan fingerprint density at radius 2 is 0.639 bits per heavy atom. The number of nitrogens with zero attached hydrogens (tertiary/aromatic N) is 5. The molecule has 0 atom stereocenters. The van der Waals surface area contributed by atoms with E-state index < -0.39 is 46.3 Å². The lowest BCUT2D eigenvalue weighted by atomic mass is 9.80. The summed E-state index contributed by atoms with van der Waals surface area (Å²) in [7, 11) is 0. The Morgan fingerprint density at radius 3 is 0.902 bits per heavy atom. The van der Waals surface area contributed by atoms with Crippen molar-refractivity contribution in [1.29, 1.82) is 0 Å². The quantitative estimate of drug-likeness (QED) is 0.0723. The van der Waals surface area contributed by atoms with E-state index in [4.69, 9.17) is 44.6 Å². The maximum Gasteiger partial charge on any atom is 0.351 e. The van der Waals surface area contributed by atoms with Crippen LogP contribution >= 0.6 is 0 Å². The van der Waals surface area contributed by atoms with Crippen LogP contribution in [0.3, 0.4) is 0 Å². The Bertz CT molecular complexity index is 1590. The highest BCUT2D eigenvalue weighted by Crippen LogP contribution is 2.40. The van der Waals surface area contributed by atoms with Crippen LogP contribution in [0.2, 0.25) is 0 Å². The van der Waals surface area contributed by atoms with E-state index in [1.54, 1.807) is 67.5 Å². The summed E-state index contributed by atoms with van der Waals surface area (Å²) in [4.78, 5) is 68.6. The molecule has 0 unspecified atom stereocenters. The number of hydrogen-bond donors (Lipinski definition) is 4. The average molecular weight is 866 g/mol.